The molecule has 0 aliphatic heterocycles. The van der Waals surface area contributed by atoms with Crippen LogP contribution in [0.25, 0.3) is 0 Å². The van der Waals surface area contributed by atoms with Crippen LogP contribution >= 0.6 is 0 Å². The van der Waals surface area contributed by atoms with Gasteiger partial charge in [-0.25, -0.2) is 8.42 Å². The largest absolute Gasteiger partial charge is 0.311 e. The number of hydrogen-bond acceptors (Lipinski definition) is 3. The first-order valence-electron chi connectivity index (χ1n) is 5.59. The highest BCUT2D eigenvalue weighted by Gasteiger charge is 2.27. The third kappa shape index (κ3) is 4.98. The lowest BCUT2D eigenvalue weighted by Gasteiger charge is -2.24. The van der Waals surface area contributed by atoms with Gasteiger partial charge in [-0.05, 0) is 41.0 Å². The van der Waals surface area contributed by atoms with E-state index in [2.05, 4.69) is 5.32 Å². The quantitative estimate of drug-likeness (QED) is 0.792. The maximum Gasteiger partial charge on any atom is 0.156 e. The van der Waals surface area contributed by atoms with Crippen LogP contribution in [-0.2, 0) is 9.84 Å². The van der Waals surface area contributed by atoms with Gasteiger partial charge >= 0.3 is 0 Å². The average Bonchev–Trinajstić information content (AvgIpc) is 2.11. The molecule has 0 aliphatic carbocycles. The Morgan fingerprint density at radius 2 is 1.60 bits per heavy atom. The molecule has 2 atom stereocenters. The Hall–Kier alpha value is -0.0900. The smallest absolute Gasteiger partial charge is 0.156 e. The average molecular weight is 235 g/mol. The van der Waals surface area contributed by atoms with Crippen LogP contribution in [0.3, 0.4) is 0 Å². The normalized spacial score (nSPS) is 17.5. The minimum Gasteiger partial charge on any atom is -0.311 e. The second-order valence-corrected chi connectivity index (χ2v) is 8.04. The van der Waals surface area contributed by atoms with Gasteiger partial charge in [-0.1, -0.05) is 6.92 Å². The van der Waals surface area contributed by atoms with Crippen molar-refractivity contribution in [3.63, 3.8) is 0 Å². The van der Waals surface area contributed by atoms with Crippen molar-refractivity contribution < 1.29 is 8.42 Å². The molecule has 0 aromatic rings. The monoisotopic (exact) mass is 235 g/mol. The molecule has 0 fully saturated rings. The van der Waals surface area contributed by atoms with Crippen LogP contribution < -0.4 is 5.32 Å². The minimum absolute atomic E-state index is 0.0285. The summed E-state index contributed by atoms with van der Waals surface area (Å²) in [4.78, 5) is 0. The fourth-order valence-corrected chi connectivity index (χ4v) is 2.77. The Kier molecular flexibility index (Phi) is 5.27. The summed E-state index contributed by atoms with van der Waals surface area (Å²) in [7, 11) is -2.97. The van der Waals surface area contributed by atoms with Gasteiger partial charge < -0.3 is 5.32 Å². The summed E-state index contributed by atoms with van der Waals surface area (Å²) in [6.07, 6.45) is 0.683. The Morgan fingerprint density at radius 1 is 1.13 bits per heavy atom. The lowest BCUT2D eigenvalue weighted by atomic mass is 10.1. The molecule has 0 rings (SSSR count). The lowest BCUT2D eigenvalue weighted by molar-refractivity contribution is 0.424. The molecule has 1 N–H and O–H groups in total. The summed E-state index contributed by atoms with van der Waals surface area (Å²) in [6.45, 7) is 12.1. The molecule has 0 aliphatic rings. The molecule has 0 amide bonds. The Morgan fingerprint density at radius 3 is 1.93 bits per heavy atom. The second kappa shape index (κ2) is 5.30. The van der Waals surface area contributed by atoms with Crippen LogP contribution in [0.2, 0.25) is 0 Å². The van der Waals surface area contributed by atoms with Gasteiger partial charge in [0.25, 0.3) is 0 Å². The van der Waals surface area contributed by atoms with Crippen LogP contribution in [0.4, 0.5) is 0 Å². The highest BCUT2D eigenvalue weighted by Crippen LogP contribution is 2.12. The Bertz CT molecular complexity index is 277. The number of sulfone groups is 1. The molecule has 0 aromatic carbocycles. The first-order valence-corrected chi connectivity index (χ1v) is 7.20. The number of hydrogen-bond donors (Lipinski definition) is 1. The van der Waals surface area contributed by atoms with Crippen molar-refractivity contribution in [1.29, 1.82) is 0 Å². The molecule has 0 saturated carbocycles. The zero-order valence-electron chi connectivity index (χ0n) is 10.8. The predicted molar refractivity (Wildman–Crippen MR) is 65.9 cm³/mol. The highest BCUT2D eigenvalue weighted by atomic mass is 32.2. The van der Waals surface area contributed by atoms with Gasteiger partial charge in [0, 0.05) is 12.1 Å². The molecule has 2 unspecified atom stereocenters. The topological polar surface area (TPSA) is 46.2 Å². The molecule has 0 spiro atoms. The van der Waals surface area contributed by atoms with E-state index >= 15 is 0 Å². The Labute approximate surface area is 94.6 Å². The van der Waals surface area contributed by atoms with E-state index in [1.165, 1.54) is 0 Å². The van der Waals surface area contributed by atoms with E-state index in [9.17, 15) is 8.42 Å². The molecule has 92 valence electrons. The van der Waals surface area contributed by atoms with Crippen LogP contribution in [0.1, 0.15) is 48.0 Å². The van der Waals surface area contributed by atoms with Crippen molar-refractivity contribution in [3.8, 4) is 0 Å². The van der Waals surface area contributed by atoms with Gasteiger partial charge in [0.05, 0.1) is 10.5 Å². The zero-order chi connectivity index (χ0) is 12.3. The van der Waals surface area contributed by atoms with Crippen LogP contribution in [-0.4, -0.2) is 31.0 Å². The van der Waals surface area contributed by atoms with Crippen molar-refractivity contribution in [2.75, 3.05) is 6.54 Å². The van der Waals surface area contributed by atoms with Gasteiger partial charge in [0.15, 0.2) is 9.84 Å². The summed E-state index contributed by atoms with van der Waals surface area (Å²) in [5.74, 6) is 0. The third-order valence-electron chi connectivity index (χ3n) is 2.62. The summed E-state index contributed by atoms with van der Waals surface area (Å²) in [6, 6.07) is 0. The standard InChI is InChI=1S/C11H25NO2S/c1-7-9(2)15(13,14)10(3)8-12-11(4,5)6/h9-10,12H,7-8H2,1-6H3. The minimum atomic E-state index is -2.97. The van der Waals surface area contributed by atoms with Crippen LogP contribution in [0.15, 0.2) is 0 Å². The molecule has 3 nitrogen and oxygen atoms in total. The van der Waals surface area contributed by atoms with Gasteiger partial charge in [-0.2, -0.15) is 0 Å². The Balaban J connectivity index is 4.40. The predicted octanol–water partition coefficient (Wildman–Crippen LogP) is 1.98. The molecular weight excluding hydrogens is 210 g/mol. The van der Waals surface area contributed by atoms with E-state index < -0.39 is 9.84 Å². The van der Waals surface area contributed by atoms with Gasteiger partial charge in [0.1, 0.15) is 0 Å². The van der Waals surface area contributed by atoms with Crippen molar-refractivity contribution in [2.24, 2.45) is 0 Å². The maximum absolute atomic E-state index is 11.9. The summed E-state index contributed by atoms with van der Waals surface area (Å²) in [5, 5.41) is 2.67. The molecule has 15 heavy (non-hydrogen) atoms. The molecule has 4 heteroatoms. The van der Waals surface area contributed by atoms with Gasteiger partial charge in [0.2, 0.25) is 0 Å². The fraction of sp³-hybridized carbons (Fsp3) is 1.00. The van der Waals surface area contributed by atoms with E-state index in [1.54, 1.807) is 13.8 Å². The molecule has 0 heterocycles. The molecule has 0 aromatic heterocycles. The second-order valence-electron chi connectivity index (χ2n) is 5.25. The van der Waals surface area contributed by atoms with Crippen molar-refractivity contribution in [2.45, 2.75) is 64.0 Å². The van der Waals surface area contributed by atoms with Crippen LogP contribution in [0.5, 0.6) is 0 Å². The van der Waals surface area contributed by atoms with Gasteiger partial charge in [-0.15, -0.1) is 0 Å². The lowest BCUT2D eigenvalue weighted by Crippen LogP contribution is -2.43. The first-order chi connectivity index (χ1) is 6.61. The van der Waals surface area contributed by atoms with Crippen molar-refractivity contribution in [1.82, 2.24) is 5.32 Å². The van der Waals surface area contributed by atoms with E-state index in [4.69, 9.17) is 0 Å². The third-order valence-corrected chi connectivity index (χ3v) is 5.36. The van der Waals surface area contributed by atoms with Crippen LogP contribution in [0, 0.1) is 0 Å². The van der Waals surface area contributed by atoms with E-state index in [-0.39, 0.29) is 16.0 Å². The van der Waals surface area contributed by atoms with E-state index in [1.807, 2.05) is 27.7 Å². The van der Waals surface area contributed by atoms with Crippen molar-refractivity contribution >= 4 is 9.84 Å². The number of rotatable bonds is 5. The molecular formula is C11H25NO2S. The van der Waals surface area contributed by atoms with E-state index in [0.717, 1.165) is 0 Å². The summed E-state index contributed by atoms with van der Waals surface area (Å²) >= 11 is 0. The maximum atomic E-state index is 11.9. The molecule has 0 bridgehead atoms. The van der Waals surface area contributed by atoms with Crippen molar-refractivity contribution in [3.05, 3.63) is 0 Å². The number of nitrogens with one attached hydrogen (secondary N) is 1. The highest BCUT2D eigenvalue weighted by molar-refractivity contribution is 7.92. The SMILES string of the molecule is CCC(C)S(=O)(=O)C(C)CNC(C)(C)C. The van der Waals surface area contributed by atoms with E-state index in [0.29, 0.717) is 13.0 Å². The van der Waals surface area contributed by atoms with Gasteiger partial charge in [-0.3, -0.25) is 0 Å². The zero-order valence-corrected chi connectivity index (χ0v) is 11.6. The summed E-state index contributed by atoms with van der Waals surface area (Å²) < 4.78 is 23.9. The molecule has 0 saturated heterocycles. The molecule has 0 radical (unpaired) electrons. The summed E-state index contributed by atoms with van der Waals surface area (Å²) in [5.41, 5.74) is -0.0285. The fourth-order valence-electron chi connectivity index (χ4n) is 1.19. The first kappa shape index (κ1) is 14.9.